The van der Waals surface area contributed by atoms with Crippen LogP contribution in [0.1, 0.15) is 23.2 Å². The van der Waals surface area contributed by atoms with Gasteiger partial charge >= 0.3 is 0 Å². The molecule has 21 heavy (non-hydrogen) atoms. The highest BCUT2D eigenvalue weighted by Gasteiger charge is 2.26. The lowest BCUT2D eigenvalue weighted by Crippen LogP contribution is -2.44. The van der Waals surface area contributed by atoms with Crippen LogP contribution in [0, 0.1) is 5.92 Å². The third-order valence-electron chi connectivity index (χ3n) is 3.51. The molecule has 0 aliphatic carbocycles. The quantitative estimate of drug-likeness (QED) is 0.767. The summed E-state index contributed by atoms with van der Waals surface area (Å²) in [6, 6.07) is 5.86. The van der Waals surface area contributed by atoms with Crippen LogP contribution in [-0.4, -0.2) is 31.1 Å². The average molecular weight is 314 g/mol. The van der Waals surface area contributed by atoms with E-state index in [0.717, 1.165) is 12.8 Å². The van der Waals surface area contributed by atoms with Crippen molar-refractivity contribution in [2.75, 3.05) is 18.5 Å². The number of anilines is 1. The van der Waals surface area contributed by atoms with Gasteiger partial charge in [-0.15, -0.1) is 12.4 Å². The predicted octanol–water partition coefficient (Wildman–Crippen LogP) is 0.900. The molecule has 1 aliphatic rings. The molecular weight excluding hydrogens is 294 g/mol. The lowest BCUT2D eigenvalue weighted by molar-refractivity contribution is -0.119. The number of hydrogen-bond acceptors (Lipinski definition) is 4. The number of amides is 2. The van der Waals surface area contributed by atoms with Crippen LogP contribution in [0.3, 0.4) is 0 Å². The second kappa shape index (κ2) is 7.97. The fraction of sp³-hybridized carbons (Fsp3) is 0.429. The van der Waals surface area contributed by atoms with E-state index >= 15 is 0 Å². The molecule has 1 fully saturated rings. The normalized spacial score (nSPS) is 16.6. The molecule has 0 saturated carbocycles. The van der Waals surface area contributed by atoms with Crippen molar-refractivity contribution in [1.82, 2.24) is 0 Å². The molecule has 1 aromatic carbocycles. The summed E-state index contributed by atoms with van der Waals surface area (Å²) in [5.41, 5.74) is 12.1. The number of carbonyl (C=O) groups is 2. The van der Waals surface area contributed by atoms with Crippen LogP contribution >= 0.6 is 12.4 Å². The van der Waals surface area contributed by atoms with E-state index in [2.05, 4.69) is 5.32 Å². The maximum atomic E-state index is 12.1. The molecule has 1 aliphatic heterocycles. The number of halogens is 1. The molecule has 0 spiro atoms. The van der Waals surface area contributed by atoms with E-state index < -0.39 is 11.9 Å². The van der Waals surface area contributed by atoms with E-state index in [1.54, 1.807) is 24.3 Å². The fourth-order valence-electron chi connectivity index (χ4n) is 2.23. The molecule has 5 N–H and O–H groups in total. The van der Waals surface area contributed by atoms with Gasteiger partial charge in [-0.25, -0.2) is 0 Å². The van der Waals surface area contributed by atoms with Crippen molar-refractivity contribution in [3.05, 3.63) is 29.8 Å². The molecule has 2 rings (SSSR count). The second-order valence-corrected chi connectivity index (χ2v) is 4.91. The number of ether oxygens (including phenoxy) is 1. The van der Waals surface area contributed by atoms with Gasteiger partial charge < -0.3 is 21.5 Å². The van der Waals surface area contributed by atoms with Crippen molar-refractivity contribution >= 4 is 29.9 Å². The summed E-state index contributed by atoms with van der Waals surface area (Å²) in [7, 11) is 0. The van der Waals surface area contributed by atoms with Crippen LogP contribution in [0.2, 0.25) is 0 Å². The Kier molecular flexibility index (Phi) is 6.61. The van der Waals surface area contributed by atoms with E-state index in [-0.39, 0.29) is 24.2 Å². The minimum Gasteiger partial charge on any atom is -0.381 e. The Morgan fingerprint density at radius 3 is 2.29 bits per heavy atom. The zero-order valence-electron chi connectivity index (χ0n) is 11.6. The van der Waals surface area contributed by atoms with E-state index in [9.17, 15) is 9.59 Å². The van der Waals surface area contributed by atoms with Gasteiger partial charge in [0.1, 0.15) is 0 Å². The first-order valence-corrected chi connectivity index (χ1v) is 6.62. The largest absolute Gasteiger partial charge is 0.381 e. The number of nitrogens with two attached hydrogens (primary N) is 2. The van der Waals surface area contributed by atoms with Crippen LogP contribution in [0.25, 0.3) is 0 Å². The van der Waals surface area contributed by atoms with Crippen molar-refractivity contribution in [2.24, 2.45) is 17.4 Å². The molecule has 0 radical (unpaired) electrons. The molecule has 0 aromatic heterocycles. The monoisotopic (exact) mass is 313 g/mol. The van der Waals surface area contributed by atoms with Gasteiger partial charge in [0.05, 0.1) is 6.04 Å². The van der Waals surface area contributed by atoms with Gasteiger partial charge in [0.25, 0.3) is 0 Å². The summed E-state index contributed by atoms with van der Waals surface area (Å²) in [4.78, 5) is 23.0. The Morgan fingerprint density at radius 1 is 1.19 bits per heavy atom. The number of nitrogens with one attached hydrogen (secondary N) is 1. The molecule has 1 atom stereocenters. The van der Waals surface area contributed by atoms with E-state index in [1.807, 2.05) is 0 Å². The number of benzene rings is 1. The van der Waals surface area contributed by atoms with Gasteiger partial charge in [-0.1, -0.05) is 0 Å². The molecule has 1 saturated heterocycles. The molecule has 2 amide bonds. The van der Waals surface area contributed by atoms with Crippen LogP contribution in [0.15, 0.2) is 24.3 Å². The predicted molar refractivity (Wildman–Crippen MR) is 82.4 cm³/mol. The lowest BCUT2D eigenvalue weighted by Gasteiger charge is -2.26. The van der Waals surface area contributed by atoms with Crippen molar-refractivity contribution in [3.63, 3.8) is 0 Å². The lowest BCUT2D eigenvalue weighted by atomic mass is 9.92. The van der Waals surface area contributed by atoms with E-state index in [1.165, 1.54) is 0 Å². The molecule has 1 aromatic rings. The minimum atomic E-state index is -0.547. The number of hydrogen-bond donors (Lipinski definition) is 3. The van der Waals surface area contributed by atoms with Gasteiger partial charge in [-0.05, 0) is 43.0 Å². The second-order valence-electron chi connectivity index (χ2n) is 4.91. The molecule has 6 nitrogen and oxygen atoms in total. The Morgan fingerprint density at radius 2 is 1.76 bits per heavy atom. The molecule has 116 valence electrons. The number of carbonyl (C=O) groups excluding carboxylic acids is 2. The Balaban J connectivity index is 0.00000220. The highest BCUT2D eigenvalue weighted by molar-refractivity contribution is 5.96. The van der Waals surface area contributed by atoms with Gasteiger partial charge in [0, 0.05) is 24.5 Å². The Bertz CT molecular complexity index is 487. The van der Waals surface area contributed by atoms with Gasteiger partial charge in [0.15, 0.2) is 0 Å². The first kappa shape index (κ1) is 17.4. The highest BCUT2D eigenvalue weighted by Crippen LogP contribution is 2.19. The summed E-state index contributed by atoms with van der Waals surface area (Å²) in [5.74, 6) is -0.570. The number of primary amides is 1. The smallest absolute Gasteiger partial charge is 0.248 e. The van der Waals surface area contributed by atoms with E-state index in [4.69, 9.17) is 16.2 Å². The molecule has 1 unspecified atom stereocenters. The van der Waals surface area contributed by atoms with Crippen molar-refractivity contribution in [2.45, 2.75) is 18.9 Å². The standard InChI is InChI=1S/C14H19N3O3.ClH/c15-12(9-5-7-20-8-6-9)14(19)17-11-3-1-10(2-4-11)13(16)18;/h1-4,9,12H,5-8,15H2,(H2,16,18)(H,17,19);1H. The molecule has 0 bridgehead atoms. The van der Waals surface area contributed by atoms with Gasteiger partial charge in [0.2, 0.25) is 11.8 Å². The van der Waals surface area contributed by atoms with Crippen molar-refractivity contribution in [1.29, 1.82) is 0 Å². The maximum Gasteiger partial charge on any atom is 0.248 e. The Labute approximate surface area is 129 Å². The molecule has 1 heterocycles. The Hall–Kier alpha value is -1.63. The summed E-state index contributed by atoms with van der Waals surface area (Å²) in [6.07, 6.45) is 1.60. The highest BCUT2D eigenvalue weighted by atomic mass is 35.5. The fourth-order valence-corrected chi connectivity index (χ4v) is 2.23. The minimum absolute atomic E-state index is 0. The van der Waals surface area contributed by atoms with Crippen molar-refractivity contribution in [3.8, 4) is 0 Å². The van der Waals surface area contributed by atoms with Gasteiger partial charge in [-0.3, -0.25) is 9.59 Å². The SMILES string of the molecule is Cl.NC(=O)c1ccc(NC(=O)C(N)C2CCOCC2)cc1. The van der Waals surface area contributed by atoms with Crippen LogP contribution in [0.4, 0.5) is 5.69 Å². The third-order valence-corrected chi connectivity index (χ3v) is 3.51. The summed E-state index contributed by atoms with van der Waals surface area (Å²) < 4.78 is 5.25. The van der Waals surface area contributed by atoms with Gasteiger partial charge in [-0.2, -0.15) is 0 Å². The summed E-state index contributed by atoms with van der Waals surface area (Å²) >= 11 is 0. The topological polar surface area (TPSA) is 107 Å². The molecular formula is C14H20ClN3O3. The zero-order valence-corrected chi connectivity index (χ0v) is 12.4. The number of rotatable bonds is 4. The summed E-state index contributed by atoms with van der Waals surface area (Å²) in [5, 5.41) is 2.75. The third kappa shape index (κ3) is 4.70. The maximum absolute atomic E-state index is 12.1. The average Bonchev–Trinajstić information content (AvgIpc) is 2.48. The van der Waals surface area contributed by atoms with Crippen LogP contribution < -0.4 is 16.8 Å². The van der Waals surface area contributed by atoms with E-state index in [0.29, 0.717) is 24.5 Å². The van der Waals surface area contributed by atoms with Crippen molar-refractivity contribution < 1.29 is 14.3 Å². The molecule has 7 heteroatoms. The first-order valence-electron chi connectivity index (χ1n) is 6.62. The summed E-state index contributed by atoms with van der Waals surface area (Å²) in [6.45, 7) is 1.30. The first-order chi connectivity index (χ1) is 9.58. The zero-order chi connectivity index (χ0) is 14.5. The van der Waals surface area contributed by atoms with Crippen LogP contribution in [0.5, 0.6) is 0 Å². The van der Waals surface area contributed by atoms with Crippen LogP contribution in [-0.2, 0) is 9.53 Å².